The fraction of sp³-hybridized carbons (Fsp3) is 0.462. The van der Waals surface area contributed by atoms with Gasteiger partial charge in [0.05, 0.1) is 19.3 Å². The molecular weight excluding hydrogens is 246 g/mol. The Morgan fingerprint density at radius 3 is 2.72 bits per heavy atom. The molecule has 0 aliphatic carbocycles. The van der Waals surface area contributed by atoms with Crippen LogP contribution >= 0.6 is 11.3 Å². The van der Waals surface area contributed by atoms with Gasteiger partial charge < -0.3 is 10.5 Å². The molecule has 4 nitrogen and oxygen atoms in total. The number of methoxy groups -OCH3 is 1. The van der Waals surface area contributed by atoms with Crippen LogP contribution in [0.5, 0.6) is 5.75 Å². The minimum Gasteiger partial charge on any atom is -0.493 e. The van der Waals surface area contributed by atoms with Crippen molar-refractivity contribution < 1.29 is 4.74 Å². The maximum atomic E-state index is 6.37. The third kappa shape index (κ3) is 2.15. The Balaban J connectivity index is 2.44. The lowest BCUT2D eigenvalue weighted by molar-refractivity contribution is 0.405. The molecule has 2 aromatic rings. The number of aryl methyl sites for hydroxylation is 3. The van der Waals surface area contributed by atoms with Gasteiger partial charge in [0.1, 0.15) is 5.69 Å². The van der Waals surface area contributed by atoms with Crippen molar-refractivity contribution in [2.45, 2.75) is 33.4 Å². The molecule has 0 radical (unpaired) electrons. The number of ether oxygens (including phenoxy) is 1. The maximum Gasteiger partial charge on any atom is 0.161 e. The predicted molar refractivity (Wildman–Crippen MR) is 74.3 cm³/mol. The highest BCUT2D eigenvalue weighted by molar-refractivity contribution is 7.12. The van der Waals surface area contributed by atoms with E-state index in [4.69, 9.17) is 10.5 Å². The van der Waals surface area contributed by atoms with Crippen molar-refractivity contribution in [2.75, 3.05) is 7.11 Å². The van der Waals surface area contributed by atoms with E-state index in [0.29, 0.717) is 0 Å². The first kappa shape index (κ1) is 13.1. The van der Waals surface area contributed by atoms with E-state index >= 15 is 0 Å². The Morgan fingerprint density at radius 1 is 1.50 bits per heavy atom. The van der Waals surface area contributed by atoms with Gasteiger partial charge >= 0.3 is 0 Å². The molecule has 2 aromatic heterocycles. The van der Waals surface area contributed by atoms with E-state index < -0.39 is 0 Å². The topological polar surface area (TPSA) is 53.1 Å². The van der Waals surface area contributed by atoms with Crippen molar-refractivity contribution in [3.05, 3.63) is 33.3 Å². The molecule has 98 valence electrons. The highest BCUT2D eigenvalue weighted by atomic mass is 32.1. The molecule has 0 saturated carbocycles. The molecule has 0 bridgehead atoms. The van der Waals surface area contributed by atoms with Gasteiger partial charge in [0.15, 0.2) is 5.75 Å². The van der Waals surface area contributed by atoms with E-state index in [-0.39, 0.29) is 6.04 Å². The summed E-state index contributed by atoms with van der Waals surface area (Å²) in [7, 11) is 1.65. The lowest BCUT2D eigenvalue weighted by Gasteiger charge is -2.13. The predicted octanol–water partition coefficient (Wildman–Crippen LogP) is 2.64. The smallest absolute Gasteiger partial charge is 0.161 e. The van der Waals surface area contributed by atoms with Crippen LogP contribution in [-0.2, 0) is 6.54 Å². The summed E-state index contributed by atoms with van der Waals surface area (Å²) in [6.45, 7) is 7.06. The highest BCUT2D eigenvalue weighted by Crippen LogP contribution is 2.33. The summed E-state index contributed by atoms with van der Waals surface area (Å²) < 4.78 is 7.25. The molecule has 0 fully saturated rings. The van der Waals surface area contributed by atoms with Crippen molar-refractivity contribution in [1.82, 2.24) is 9.78 Å². The van der Waals surface area contributed by atoms with Crippen LogP contribution in [0.15, 0.2) is 12.3 Å². The molecular formula is C13H19N3OS. The fourth-order valence-electron chi connectivity index (χ4n) is 1.99. The van der Waals surface area contributed by atoms with Crippen LogP contribution in [0, 0.1) is 13.8 Å². The Kier molecular flexibility index (Phi) is 3.73. The second-order valence-corrected chi connectivity index (χ2v) is 5.57. The standard InChI is InChI=1S/C13H19N3OS/c1-5-16-13(10(17-4)7-15-16)12(14)11-6-8(2)9(3)18-11/h6-7,12H,5,14H2,1-4H3. The number of aromatic nitrogens is 2. The molecule has 5 heteroatoms. The van der Waals surface area contributed by atoms with Crippen molar-refractivity contribution >= 4 is 11.3 Å². The molecule has 2 heterocycles. The van der Waals surface area contributed by atoms with Crippen LogP contribution in [0.25, 0.3) is 0 Å². The Bertz CT molecular complexity index is 503. The minimum atomic E-state index is -0.181. The largest absolute Gasteiger partial charge is 0.493 e. The lowest BCUT2D eigenvalue weighted by Crippen LogP contribution is -2.17. The number of nitrogens with two attached hydrogens (primary N) is 1. The van der Waals surface area contributed by atoms with Gasteiger partial charge in [0, 0.05) is 16.3 Å². The summed E-state index contributed by atoms with van der Waals surface area (Å²) in [6, 6.07) is 1.97. The van der Waals surface area contributed by atoms with E-state index in [9.17, 15) is 0 Å². The first-order valence-corrected chi connectivity index (χ1v) is 6.82. The van der Waals surface area contributed by atoms with Crippen LogP contribution in [0.4, 0.5) is 0 Å². The molecule has 0 spiro atoms. The van der Waals surface area contributed by atoms with Gasteiger partial charge in [-0.2, -0.15) is 5.10 Å². The lowest BCUT2D eigenvalue weighted by atomic mass is 10.1. The summed E-state index contributed by atoms with van der Waals surface area (Å²) in [5, 5.41) is 4.30. The Hall–Kier alpha value is -1.33. The molecule has 1 unspecified atom stereocenters. The average molecular weight is 265 g/mol. The Morgan fingerprint density at radius 2 is 2.22 bits per heavy atom. The molecule has 0 aliphatic heterocycles. The number of thiophene rings is 1. The quantitative estimate of drug-likeness (QED) is 0.924. The monoisotopic (exact) mass is 265 g/mol. The fourth-order valence-corrected chi connectivity index (χ4v) is 3.04. The van der Waals surface area contributed by atoms with Gasteiger partial charge in [-0.3, -0.25) is 4.68 Å². The van der Waals surface area contributed by atoms with E-state index in [1.54, 1.807) is 24.6 Å². The molecule has 1 atom stereocenters. The van der Waals surface area contributed by atoms with Crippen LogP contribution in [0.3, 0.4) is 0 Å². The second kappa shape index (κ2) is 5.12. The number of hydrogen-bond acceptors (Lipinski definition) is 4. The molecule has 2 rings (SSSR count). The van der Waals surface area contributed by atoms with E-state index in [0.717, 1.165) is 22.9 Å². The van der Waals surface area contributed by atoms with Gasteiger partial charge in [-0.25, -0.2) is 0 Å². The second-order valence-electron chi connectivity index (χ2n) is 4.28. The first-order valence-electron chi connectivity index (χ1n) is 6.00. The number of rotatable bonds is 4. The maximum absolute atomic E-state index is 6.37. The first-order chi connectivity index (χ1) is 8.58. The van der Waals surface area contributed by atoms with Gasteiger partial charge in [0.25, 0.3) is 0 Å². The van der Waals surface area contributed by atoms with Crippen LogP contribution in [0.1, 0.15) is 34.0 Å². The van der Waals surface area contributed by atoms with E-state index in [1.807, 2.05) is 11.6 Å². The van der Waals surface area contributed by atoms with Gasteiger partial charge in [-0.05, 0) is 32.4 Å². The number of hydrogen-bond donors (Lipinski definition) is 1. The third-order valence-corrected chi connectivity index (χ3v) is 4.39. The van der Waals surface area contributed by atoms with Crippen LogP contribution in [0.2, 0.25) is 0 Å². The highest BCUT2D eigenvalue weighted by Gasteiger charge is 2.21. The zero-order valence-electron chi connectivity index (χ0n) is 11.2. The summed E-state index contributed by atoms with van der Waals surface area (Å²) >= 11 is 1.74. The molecule has 0 amide bonds. The normalized spacial score (nSPS) is 12.7. The van der Waals surface area contributed by atoms with E-state index in [1.165, 1.54) is 10.4 Å². The summed E-state index contributed by atoms with van der Waals surface area (Å²) in [5.74, 6) is 0.757. The molecule has 0 aliphatic rings. The van der Waals surface area contributed by atoms with Gasteiger partial charge in [-0.1, -0.05) is 0 Å². The third-order valence-electron chi connectivity index (χ3n) is 3.15. The van der Waals surface area contributed by atoms with Crippen molar-refractivity contribution in [1.29, 1.82) is 0 Å². The van der Waals surface area contributed by atoms with Crippen molar-refractivity contribution in [3.63, 3.8) is 0 Å². The van der Waals surface area contributed by atoms with Crippen LogP contribution < -0.4 is 10.5 Å². The molecule has 0 saturated heterocycles. The number of nitrogens with zero attached hydrogens (tertiary/aromatic N) is 2. The molecule has 18 heavy (non-hydrogen) atoms. The average Bonchev–Trinajstić information content (AvgIpc) is 2.92. The zero-order chi connectivity index (χ0) is 13.3. The Labute approximate surface area is 111 Å². The van der Waals surface area contributed by atoms with Crippen molar-refractivity contribution in [3.8, 4) is 5.75 Å². The van der Waals surface area contributed by atoms with Crippen molar-refractivity contribution in [2.24, 2.45) is 5.73 Å². The van der Waals surface area contributed by atoms with Gasteiger partial charge in [-0.15, -0.1) is 11.3 Å². The molecule has 0 aromatic carbocycles. The van der Waals surface area contributed by atoms with Gasteiger partial charge in [0.2, 0.25) is 0 Å². The summed E-state index contributed by atoms with van der Waals surface area (Å²) in [4.78, 5) is 2.46. The minimum absolute atomic E-state index is 0.181. The SMILES string of the molecule is CCn1ncc(OC)c1C(N)c1cc(C)c(C)s1. The summed E-state index contributed by atoms with van der Waals surface area (Å²) in [5.41, 5.74) is 8.60. The van der Waals surface area contributed by atoms with Crippen LogP contribution in [-0.4, -0.2) is 16.9 Å². The zero-order valence-corrected chi connectivity index (χ0v) is 12.0. The molecule has 2 N–H and O–H groups in total. The van der Waals surface area contributed by atoms with E-state index in [2.05, 4.69) is 25.0 Å². The summed E-state index contributed by atoms with van der Waals surface area (Å²) in [6.07, 6.45) is 1.73.